The molecule has 1 amide bonds. The summed E-state index contributed by atoms with van der Waals surface area (Å²) in [6.45, 7) is 4.26. The molecule has 1 unspecified atom stereocenters. The number of ether oxygens (including phenoxy) is 2. The van der Waals surface area contributed by atoms with Crippen LogP contribution in [0.25, 0.3) is 0 Å². The van der Waals surface area contributed by atoms with Crippen molar-refractivity contribution in [1.29, 1.82) is 0 Å². The van der Waals surface area contributed by atoms with Crippen molar-refractivity contribution in [3.05, 3.63) is 41.6 Å². The van der Waals surface area contributed by atoms with E-state index in [1.54, 1.807) is 20.3 Å². The number of nitrogens with one attached hydrogen (secondary N) is 1. The summed E-state index contributed by atoms with van der Waals surface area (Å²) >= 11 is 0. The van der Waals surface area contributed by atoms with Crippen molar-refractivity contribution >= 4 is 5.91 Å². The summed E-state index contributed by atoms with van der Waals surface area (Å²) in [6, 6.07) is 5.11. The van der Waals surface area contributed by atoms with Gasteiger partial charge >= 0.3 is 0 Å². The Morgan fingerprint density at radius 2 is 2.00 bits per heavy atom. The van der Waals surface area contributed by atoms with Crippen LogP contribution < -0.4 is 20.5 Å². The van der Waals surface area contributed by atoms with E-state index in [0.717, 1.165) is 5.56 Å². The average Bonchev–Trinajstić information content (AvgIpc) is 3.08. The van der Waals surface area contributed by atoms with E-state index in [9.17, 15) is 4.79 Å². The third-order valence-electron chi connectivity index (χ3n) is 3.66. The molecule has 0 saturated carbocycles. The van der Waals surface area contributed by atoms with Gasteiger partial charge < -0.3 is 24.9 Å². The number of methoxy groups -OCH3 is 2. The fraction of sp³-hybridized carbons (Fsp3) is 0.412. The minimum atomic E-state index is -0.336. The zero-order chi connectivity index (χ0) is 17.7. The Balaban J connectivity index is 2.01. The van der Waals surface area contributed by atoms with Crippen molar-refractivity contribution in [2.75, 3.05) is 14.2 Å². The lowest BCUT2D eigenvalue weighted by Crippen LogP contribution is -2.23. The lowest BCUT2D eigenvalue weighted by atomic mass is 10.1. The number of hydrogen-bond acceptors (Lipinski definition) is 6. The van der Waals surface area contributed by atoms with Crippen LogP contribution in [0.1, 0.15) is 41.8 Å². The number of aromatic nitrogens is 1. The Morgan fingerprint density at radius 1 is 1.29 bits per heavy atom. The van der Waals surface area contributed by atoms with Gasteiger partial charge in [0, 0.05) is 6.54 Å². The van der Waals surface area contributed by atoms with Crippen LogP contribution in [0.15, 0.2) is 28.9 Å². The van der Waals surface area contributed by atoms with Crippen molar-refractivity contribution in [1.82, 2.24) is 10.3 Å². The van der Waals surface area contributed by atoms with Crippen LogP contribution in [0.4, 0.5) is 0 Å². The van der Waals surface area contributed by atoms with Gasteiger partial charge in [0.2, 0.25) is 5.89 Å². The van der Waals surface area contributed by atoms with Gasteiger partial charge in [0.1, 0.15) is 6.26 Å². The highest BCUT2D eigenvalue weighted by atomic mass is 16.5. The first-order valence-corrected chi connectivity index (χ1v) is 7.66. The van der Waals surface area contributed by atoms with E-state index in [1.807, 2.05) is 26.0 Å². The molecule has 7 heteroatoms. The van der Waals surface area contributed by atoms with Crippen LogP contribution in [-0.2, 0) is 6.54 Å². The van der Waals surface area contributed by atoms with E-state index < -0.39 is 0 Å². The molecule has 1 atom stereocenters. The van der Waals surface area contributed by atoms with Gasteiger partial charge in [-0.25, -0.2) is 4.98 Å². The lowest BCUT2D eigenvalue weighted by molar-refractivity contribution is 0.0945. The third-order valence-corrected chi connectivity index (χ3v) is 3.66. The van der Waals surface area contributed by atoms with Gasteiger partial charge in [-0.1, -0.05) is 19.9 Å². The van der Waals surface area contributed by atoms with Crippen molar-refractivity contribution in [3.63, 3.8) is 0 Å². The van der Waals surface area contributed by atoms with Gasteiger partial charge in [-0.15, -0.1) is 0 Å². The lowest BCUT2D eigenvalue weighted by Gasteiger charge is -2.10. The van der Waals surface area contributed by atoms with Crippen LogP contribution >= 0.6 is 0 Å². The molecule has 7 nitrogen and oxygen atoms in total. The average molecular weight is 333 g/mol. The number of nitrogens with zero attached hydrogens (tertiary/aromatic N) is 1. The Bertz CT molecular complexity index is 697. The highest BCUT2D eigenvalue weighted by molar-refractivity contribution is 5.91. The second-order valence-corrected chi connectivity index (χ2v) is 5.71. The number of amides is 1. The summed E-state index contributed by atoms with van der Waals surface area (Å²) < 4.78 is 15.7. The molecule has 1 heterocycles. The van der Waals surface area contributed by atoms with Gasteiger partial charge in [-0.05, 0) is 23.6 Å². The Hall–Kier alpha value is -2.54. The molecule has 3 N–H and O–H groups in total. The molecule has 24 heavy (non-hydrogen) atoms. The summed E-state index contributed by atoms with van der Waals surface area (Å²) in [5.41, 5.74) is 7.05. The first kappa shape index (κ1) is 17.8. The summed E-state index contributed by atoms with van der Waals surface area (Å²) in [4.78, 5) is 16.3. The van der Waals surface area contributed by atoms with E-state index in [-0.39, 0.29) is 23.6 Å². The summed E-state index contributed by atoms with van der Waals surface area (Å²) in [6.07, 6.45) is 1.32. The maximum absolute atomic E-state index is 12.2. The molecule has 0 radical (unpaired) electrons. The van der Waals surface area contributed by atoms with Crippen LogP contribution in [0, 0.1) is 5.92 Å². The van der Waals surface area contributed by atoms with Crippen molar-refractivity contribution in [3.8, 4) is 11.5 Å². The SMILES string of the molecule is COc1ccc(CNC(=O)c2coc(C(N)C(C)C)n2)cc1OC. The predicted octanol–water partition coefficient (Wildman–Crippen LogP) is 2.28. The molecule has 0 bridgehead atoms. The summed E-state index contributed by atoms with van der Waals surface area (Å²) in [5.74, 6) is 1.45. The normalized spacial score (nSPS) is 12.1. The molecule has 0 aliphatic heterocycles. The van der Waals surface area contributed by atoms with Gasteiger partial charge in [0.05, 0.1) is 20.3 Å². The van der Waals surface area contributed by atoms with Gasteiger partial charge in [-0.3, -0.25) is 4.79 Å². The molecule has 0 aliphatic rings. The van der Waals surface area contributed by atoms with E-state index >= 15 is 0 Å². The highest BCUT2D eigenvalue weighted by Gasteiger charge is 2.19. The van der Waals surface area contributed by atoms with Crippen LogP contribution in [0.3, 0.4) is 0 Å². The first-order chi connectivity index (χ1) is 11.5. The molecule has 1 aromatic heterocycles. The third kappa shape index (κ3) is 4.05. The summed E-state index contributed by atoms with van der Waals surface area (Å²) in [5, 5.41) is 2.79. The zero-order valence-corrected chi connectivity index (χ0v) is 14.3. The topological polar surface area (TPSA) is 99.6 Å². The van der Waals surface area contributed by atoms with Crippen molar-refractivity contribution in [2.45, 2.75) is 26.4 Å². The molecule has 1 aromatic carbocycles. The monoisotopic (exact) mass is 333 g/mol. The van der Waals surface area contributed by atoms with Crippen LogP contribution in [0.2, 0.25) is 0 Å². The fourth-order valence-corrected chi connectivity index (χ4v) is 2.09. The molecule has 2 rings (SSSR count). The number of hydrogen-bond donors (Lipinski definition) is 2. The number of nitrogens with two attached hydrogens (primary N) is 1. The molecule has 0 fully saturated rings. The second kappa shape index (κ2) is 7.83. The van der Waals surface area contributed by atoms with E-state index in [4.69, 9.17) is 19.6 Å². The Kier molecular flexibility index (Phi) is 5.81. The largest absolute Gasteiger partial charge is 0.493 e. The van der Waals surface area contributed by atoms with Crippen molar-refractivity contribution in [2.24, 2.45) is 11.7 Å². The number of carbonyl (C=O) groups is 1. The maximum Gasteiger partial charge on any atom is 0.273 e. The number of benzene rings is 1. The molecule has 0 saturated heterocycles. The molecular weight excluding hydrogens is 310 g/mol. The first-order valence-electron chi connectivity index (χ1n) is 7.66. The Morgan fingerprint density at radius 3 is 2.62 bits per heavy atom. The Labute approximate surface area is 141 Å². The second-order valence-electron chi connectivity index (χ2n) is 5.71. The number of rotatable bonds is 7. The molecule has 0 spiro atoms. The minimum Gasteiger partial charge on any atom is -0.493 e. The zero-order valence-electron chi connectivity index (χ0n) is 14.3. The standard InChI is InChI=1S/C17H23N3O4/c1-10(2)15(18)17-20-12(9-24-17)16(21)19-8-11-5-6-13(22-3)14(7-11)23-4/h5-7,9-10,15H,8,18H2,1-4H3,(H,19,21). The number of carbonyl (C=O) groups excluding carboxylic acids is 1. The molecular formula is C17H23N3O4. The quantitative estimate of drug-likeness (QED) is 0.806. The molecule has 130 valence electrons. The van der Waals surface area contributed by atoms with Gasteiger partial charge in [0.25, 0.3) is 5.91 Å². The fourth-order valence-electron chi connectivity index (χ4n) is 2.09. The minimum absolute atomic E-state index is 0.173. The highest BCUT2D eigenvalue weighted by Crippen LogP contribution is 2.27. The van der Waals surface area contributed by atoms with Crippen LogP contribution in [-0.4, -0.2) is 25.1 Å². The summed E-state index contributed by atoms with van der Waals surface area (Å²) in [7, 11) is 3.14. The van der Waals surface area contributed by atoms with E-state index in [1.165, 1.54) is 6.26 Å². The van der Waals surface area contributed by atoms with E-state index in [2.05, 4.69) is 10.3 Å². The van der Waals surface area contributed by atoms with Crippen LogP contribution in [0.5, 0.6) is 11.5 Å². The maximum atomic E-state index is 12.2. The smallest absolute Gasteiger partial charge is 0.273 e. The van der Waals surface area contributed by atoms with E-state index in [0.29, 0.717) is 23.9 Å². The molecule has 0 aliphatic carbocycles. The predicted molar refractivity (Wildman–Crippen MR) is 89.0 cm³/mol. The molecule has 2 aromatic rings. The number of oxazole rings is 1. The van der Waals surface area contributed by atoms with Gasteiger partial charge in [-0.2, -0.15) is 0 Å². The van der Waals surface area contributed by atoms with Crippen molar-refractivity contribution < 1.29 is 18.7 Å². The van der Waals surface area contributed by atoms with Gasteiger partial charge in [0.15, 0.2) is 17.2 Å².